The SMILES string of the molecule is CCOC(=O)c1cc(Cl)nc(CN)n1. The molecule has 0 amide bonds. The fraction of sp³-hybridized carbons (Fsp3) is 0.375. The molecule has 0 unspecified atom stereocenters. The molecule has 0 bridgehead atoms. The van der Waals surface area contributed by atoms with Crippen molar-refractivity contribution in [1.29, 1.82) is 0 Å². The van der Waals surface area contributed by atoms with Gasteiger partial charge in [-0.05, 0) is 6.92 Å². The molecular weight excluding hydrogens is 206 g/mol. The number of carbonyl (C=O) groups is 1. The van der Waals surface area contributed by atoms with Crippen LogP contribution in [0.1, 0.15) is 23.2 Å². The van der Waals surface area contributed by atoms with E-state index in [1.165, 1.54) is 6.07 Å². The van der Waals surface area contributed by atoms with Crippen LogP contribution >= 0.6 is 11.6 Å². The normalized spacial score (nSPS) is 9.93. The summed E-state index contributed by atoms with van der Waals surface area (Å²) in [5, 5.41) is 0.184. The van der Waals surface area contributed by atoms with Crippen LogP contribution in [0.5, 0.6) is 0 Å². The highest BCUT2D eigenvalue weighted by Gasteiger charge is 2.10. The van der Waals surface area contributed by atoms with Gasteiger partial charge < -0.3 is 10.5 Å². The van der Waals surface area contributed by atoms with Crippen molar-refractivity contribution in [3.8, 4) is 0 Å². The molecule has 0 fully saturated rings. The van der Waals surface area contributed by atoms with Crippen LogP contribution in [0.2, 0.25) is 5.15 Å². The second kappa shape index (κ2) is 4.88. The molecule has 0 aliphatic heterocycles. The number of halogens is 1. The quantitative estimate of drug-likeness (QED) is 0.595. The summed E-state index contributed by atoms with van der Waals surface area (Å²) in [6, 6.07) is 1.35. The number of rotatable bonds is 3. The zero-order valence-corrected chi connectivity index (χ0v) is 8.41. The highest BCUT2D eigenvalue weighted by atomic mass is 35.5. The molecule has 1 rings (SSSR count). The van der Waals surface area contributed by atoms with E-state index in [2.05, 4.69) is 9.97 Å². The first-order chi connectivity index (χ1) is 6.67. The van der Waals surface area contributed by atoms with Crippen molar-refractivity contribution in [3.63, 3.8) is 0 Å². The summed E-state index contributed by atoms with van der Waals surface area (Å²) < 4.78 is 4.75. The van der Waals surface area contributed by atoms with Crippen LogP contribution in [0.25, 0.3) is 0 Å². The van der Waals surface area contributed by atoms with Crippen LogP contribution in [-0.4, -0.2) is 22.5 Å². The number of esters is 1. The van der Waals surface area contributed by atoms with Crippen LogP contribution < -0.4 is 5.73 Å². The maximum absolute atomic E-state index is 11.3. The minimum Gasteiger partial charge on any atom is -0.461 e. The predicted molar refractivity (Wildman–Crippen MR) is 50.9 cm³/mol. The van der Waals surface area contributed by atoms with E-state index < -0.39 is 5.97 Å². The number of ether oxygens (including phenoxy) is 1. The van der Waals surface area contributed by atoms with Gasteiger partial charge in [0, 0.05) is 6.07 Å². The number of hydrogen-bond acceptors (Lipinski definition) is 5. The van der Waals surface area contributed by atoms with Crippen LogP contribution in [0.4, 0.5) is 0 Å². The molecule has 1 aromatic heterocycles. The molecule has 0 aliphatic rings. The Morgan fingerprint density at radius 3 is 2.93 bits per heavy atom. The zero-order valence-electron chi connectivity index (χ0n) is 7.66. The first kappa shape index (κ1) is 10.9. The van der Waals surface area contributed by atoms with Gasteiger partial charge in [-0.2, -0.15) is 0 Å². The van der Waals surface area contributed by atoms with Crippen molar-refractivity contribution >= 4 is 17.6 Å². The molecule has 0 radical (unpaired) electrons. The summed E-state index contributed by atoms with van der Waals surface area (Å²) in [5.74, 6) is -0.202. The van der Waals surface area contributed by atoms with E-state index in [1.807, 2.05) is 0 Å². The van der Waals surface area contributed by atoms with Crippen molar-refractivity contribution in [3.05, 3.63) is 22.7 Å². The van der Waals surface area contributed by atoms with Gasteiger partial charge in [-0.3, -0.25) is 0 Å². The predicted octanol–water partition coefficient (Wildman–Crippen LogP) is 0.765. The lowest BCUT2D eigenvalue weighted by atomic mass is 10.4. The van der Waals surface area contributed by atoms with Crippen molar-refractivity contribution in [2.45, 2.75) is 13.5 Å². The first-order valence-corrected chi connectivity index (χ1v) is 4.45. The standard InChI is InChI=1S/C8H10ClN3O2/c1-2-14-8(13)5-3-6(9)12-7(4-10)11-5/h3H,2,4,10H2,1H3. The second-order valence-corrected chi connectivity index (χ2v) is 2.80. The van der Waals surface area contributed by atoms with Gasteiger partial charge in [-0.15, -0.1) is 0 Å². The van der Waals surface area contributed by atoms with Gasteiger partial charge in [0.2, 0.25) is 0 Å². The summed E-state index contributed by atoms with van der Waals surface area (Å²) in [6.45, 7) is 2.13. The van der Waals surface area contributed by atoms with E-state index in [0.717, 1.165) is 0 Å². The molecule has 6 heteroatoms. The highest BCUT2D eigenvalue weighted by Crippen LogP contribution is 2.08. The maximum atomic E-state index is 11.3. The van der Waals surface area contributed by atoms with Crippen molar-refractivity contribution in [2.24, 2.45) is 5.73 Å². The topological polar surface area (TPSA) is 78.1 Å². The van der Waals surface area contributed by atoms with Gasteiger partial charge in [-0.1, -0.05) is 11.6 Å². The molecule has 0 aromatic carbocycles. The van der Waals surface area contributed by atoms with Crippen LogP contribution in [0.3, 0.4) is 0 Å². The average molecular weight is 216 g/mol. The maximum Gasteiger partial charge on any atom is 0.357 e. The highest BCUT2D eigenvalue weighted by molar-refractivity contribution is 6.29. The smallest absolute Gasteiger partial charge is 0.357 e. The lowest BCUT2D eigenvalue weighted by Crippen LogP contribution is -2.11. The molecule has 1 aromatic rings. The Hall–Kier alpha value is -1.20. The molecule has 0 saturated heterocycles. The summed E-state index contributed by atoms with van der Waals surface area (Å²) in [6.07, 6.45) is 0. The molecule has 0 atom stereocenters. The van der Waals surface area contributed by atoms with E-state index in [-0.39, 0.29) is 17.4 Å². The Balaban J connectivity index is 2.96. The molecule has 0 spiro atoms. The minimum atomic E-state index is -0.522. The minimum absolute atomic E-state index is 0.132. The van der Waals surface area contributed by atoms with Crippen molar-refractivity contribution in [1.82, 2.24) is 9.97 Å². The summed E-state index contributed by atoms with van der Waals surface area (Å²) in [5.41, 5.74) is 5.46. The first-order valence-electron chi connectivity index (χ1n) is 4.08. The molecule has 76 valence electrons. The Bertz CT molecular complexity index is 343. The van der Waals surface area contributed by atoms with E-state index in [1.54, 1.807) is 6.92 Å². The average Bonchev–Trinajstić information content (AvgIpc) is 2.17. The molecular formula is C8H10ClN3O2. The summed E-state index contributed by atoms with van der Waals surface area (Å²) in [7, 11) is 0. The van der Waals surface area contributed by atoms with E-state index >= 15 is 0 Å². The number of hydrogen-bond donors (Lipinski definition) is 1. The van der Waals surface area contributed by atoms with Gasteiger partial charge in [0.05, 0.1) is 13.2 Å². The zero-order chi connectivity index (χ0) is 10.6. The third-order valence-corrected chi connectivity index (χ3v) is 1.60. The van der Waals surface area contributed by atoms with E-state index in [4.69, 9.17) is 22.1 Å². The molecule has 1 heterocycles. The molecule has 14 heavy (non-hydrogen) atoms. The van der Waals surface area contributed by atoms with E-state index in [9.17, 15) is 4.79 Å². The monoisotopic (exact) mass is 215 g/mol. The summed E-state index contributed by atoms with van der Waals surface area (Å²) >= 11 is 5.66. The number of nitrogens with zero attached hydrogens (tertiary/aromatic N) is 2. The lowest BCUT2D eigenvalue weighted by molar-refractivity contribution is 0.0519. The summed E-state index contributed by atoms with van der Waals surface area (Å²) in [4.78, 5) is 18.9. The fourth-order valence-corrected chi connectivity index (χ4v) is 1.07. The Morgan fingerprint density at radius 1 is 1.64 bits per heavy atom. The number of carbonyl (C=O) groups excluding carboxylic acids is 1. The van der Waals surface area contributed by atoms with Crippen LogP contribution in [0.15, 0.2) is 6.07 Å². The Morgan fingerprint density at radius 2 is 2.36 bits per heavy atom. The van der Waals surface area contributed by atoms with Gasteiger partial charge in [-0.25, -0.2) is 14.8 Å². The fourth-order valence-electron chi connectivity index (χ4n) is 0.866. The third-order valence-electron chi connectivity index (χ3n) is 1.41. The molecule has 0 aliphatic carbocycles. The lowest BCUT2D eigenvalue weighted by Gasteiger charge is -2.02. The van der Waals surface area contributed by atoms with Crippen molar-refractivity contribution < 1.29 is 9.53 Å². The van der Waals surface area contributed by atoms with Gasteiger partial charge in [0.25, 0.3) is 0 Å². The van der Waals surface area contributed by atoms with Crippen LogP contribution in [-0.2, 0) is 11.3 Å². The Kier molecular flexibility index (Phi) is 3.79. The third kappa shape index (κ3) is 2.65. The molecule has 2 N–H and O–H groups in total. The number of nitrogens with two attached hydrogens (primary N) is 1. The Labute approximate surface area is 86.2 Å². The van der Waals surface area contributed by atoms with E-state index in [0.29, 0.717) is 12.4 Å². The second-order valence-electron chi connectivity index (χ2n) is 2.42. The van der Waals surface area contributed by atoms with Gasteiger partial charge in [0.1, 0.15) is 11.0 Å². The van der Waals surface area contributed by atoms with Gasteiger partial charge in [0.15, 0.2) is 5.69 Å². The van der Waals surface area contributed by atoms with Gasteiger partial charge >= 0.3 is 5.97 Å². The number of aromatic nitrogens is 2. The molecule has 0 saturated carbocycles. The van der Waals surface area contributed by atoms with Crippen LogP contribution in [0, 0.1) is 0 Å². The largest absolute Gasteiger partial charge is 0.461 e. The van der Waals surface area contributed by atoms with Crippen molar-refractivity contribution in [2.75, 3.05) is 6.61 Å². The molecule has 5 nitrogen and oxygen atoms in total.